The molecular weight excluding hydrogens is 160 g/mol. The third-order valence-electron chi connectivity index (χ3n) is 2.16. The van der Waals surface area contributed by atoms with Gasteiger partial charge in [0.25, 0.3) is 0 Å². The lowest BCUT2D eigenvalue weighted by atomic mass is 10.1. The Bertz CT molecular complexity index is 145. The minimum Gasteiger partial charge on any atom is -0.388 e. The van der Waals surface area contributed by atoms with Gasteiger partial charge in [0.2, 0.25) is 0 Å². The molecule has 1 heteroatoms. The zero-order valence-electron chi connectivity index (χ0n) is 8.76. The Morgan fingerprint density at radius 2 is 1.85 bits per heavy atom. The Morgan fingerprint density at radius 3 is 2.46 bits per heavy atom. The highest BCUT2D eigenvalue weighted by atomic mass is 16.3. The lowest BCUT2D eigenvalue weighted by Crippen LogP contribution is -2.00. The number of aliphatic hydroxyl groups excluding tert-OH is 1. The van der Waals surface area contributed by atoms with Crippen LogP contribution in [0.15, 0.2) is 18.4 Å². The zero-order valence-corrected chi connectivity index (χ0v) is 8.76. The largest absolute Gasteiger partial charge is 0.388 e. The first-order chi connectivity index (χ1) is 6.31. The predicted molar refractivity (Wildman–Crippen MR) is 57.7 cm³/mol. The Labute approximate surface area is 82.2 Å². The van der Waals surface area contributed by atoms with Gasteiger partial charge in [-0.15, -0.1) is 5.73 Å². The molecule has 0 amide bonds. The van der Waals surface area contributed by atoms with E-state index in [1.54, 1.807) is 6.08 Å². The van der Waals surface area contributed by atoms with Crippen molar-refractivity contribution in [1.29, 1.82) is 0 Å². The monoisotopic (exact) mass is 182 g/mol. The van der Waals surface area contributed by atoms with E-state index in [4.69, 9.17) is 0 Å². The van der Waals surface area contributed by atoms with Crippen molar-refractivity contribution in [3.05, 3.63) is 18.4 Å². The average molecular weight is 182 g/mol. The van der Waals surface area contributed by atoms with Gasteiger partial charge < -0.3 is 5.11 Å². The lowest BCUT2D eigenvalue weighted by molar-refractivity contribution is 0.208. The molecule has 0 bridgehead atoms. The molecule has 0 fully saturated rings. The van der Waals surface area contributed by atoms with Gasteiger partial charge >= 0.3 is 0 Å². The molecule has 0 unspecified atom stereocenters. The summed E-state index contributed by atoms with van der Waals surface area (Å²) in [5.41, 5.74) is 2.60. The van der Waals surface area contributed by atoms with Crippen molar-refractivity contribution in [2.75, 3.05) is 0 Å². The van der Waals surface area contributed by atoms with Crippen LogP contribution in [0.25, 0.3) is 0 Å². The molecular formula is C12H22O. The molecule has 0 aromatic heterocycles. The molecule has 0 saturated heterocycles. The second kappa shape index (κ2) is 9.57. The molecule has 0 rings (SSSR count). The topological polar surface area (TPSA) is 20.2 Å². The summed E-state index contributed by atoms with van der Waals surface area (Å²) in [6.07, 6.45) is 9.79. The third-order valence-corrected chi connectivity index (χ3v) is 2.16. The summed E-state index contributed by atoms with van der Waals surface area (Å²) < 4.78 is 0. The van der Waals surface area contributed by atoms with Crippen LogP contribution >= 0.6 is 0 Å². The number of aliphatic hydroxyl groups is 1. The highest BCUT2D eigenvalue weighted by Gasteiger charge is 1.97. The number of hydrogen-bond acceptors (Lipinski definition) is 1. The van der Waals surface area contributed by atoms with Gasteiger partial charge in [-0.3, -0.25) is 0 Å². The molecule has 0 aliphatic heterocycles. The summed E-state index contributed by atoms with van der Waals surface area (Å²) >= 11 is 0. The van der Waals surface area contributed by atoms with Crippen LogP contribution < -0.4 is 0 Å². The predicted octanol–water partition coefficient (Wildman–Crippen LogP) is 3.44. The van der Waals surface area contributed by atoms with Crippen LogP contribution in [0, 0.1) is 0 Å². The quantitative estimate of drug-likeness (QED) is 0.450. The number of unbranched alkanes of at least 4 members (excludes halogenated alkanes) is 5. The average Bonchev–Trinajstić information content (AvgIpc) is 2.11. The second-order valence-electron chi connectivity index (χ2n) is 3.49. The first kappa shape index (κ1) is 12.5. The van der Waals surface area contributed by atoms with Crippen LogP contribution in [-0.4, -0.2) is 11.2 Å². The van der Waals surface area contributed by atoms with Gasteiger partial charge in [0.1, 0.15) is 0 Å². The van der Waals surface area contributed by atoms with Crippen molar-refractivity contribution in [1.82, 2.24) is 0 Å². The van der Waals surface area contributed by atoms with E-state index in [-0.39, 0.29) is 6.10 Å². The van der Waals surface area contributed by atoms with Gasteiger partial charge in [0.05, 0.1) is 6.10 Å². The van der Waals surface area contributed by atoms with Crippen LogP contribution in [0.3, 0.4) is 0 Å². The lowest BCUT2D eigenvalue weighted by Gasteiger charge is -2.03. The number of hydrogen-bond donors (Lipinski definition) is 1. The van der Waals surface area contributed by atoms with Gasteiger partial charge in [-0.1, -0.05) is 52.0 Å². The molecule has 1 nitrogen and oxygen atoms in total. The second-order valence-corrected chi connectivity index (χ2v) is 3.49. The van der Waals surface area contributed by atoms with Crippen molar-refractivity contribution in [2.45, 2.75) is 58.0 Å². The van der Waals surface area contributed by atoms with E-state index in [0.29, 0.717) is 0 Å². The Balaban J connectivity index is 3.11. The summed E-state index contributed by atoms with van der Waals surface area (Å²) in [5.74, 6) is 0. The van der Waals surface area contributed by atoms with E-state index >= 15 is 0 Å². The standard InChI is InChI=1S/C12H22O/c1-3-5-6-7-8-9-11-12(13)10-4-2/h10,12-13H,2-3,5-9,11H2,1H3/t12-/m1/s1. The minimum absolute atomic E-state index is 0.330. The molecule has 0 aromatic carbocycles. The van der Waals surface area contributed by atoms with Gasteiger partial charge in [-0.25, -0.2) is 0 Å². The van der Waals surface area contributed by atoms with Gasteiger partial charge in [0, 0.05) is 0 Å². The molecule has 0 radical (unpaired) electrons. The van der Waals surface area contributed by atoms with Gasteiger partial charge in [-0.2, -0.15) is 0 Å². The van der Waals surface area contributed by atoms with Crippen LogP contribution in [0.5, 0.6) is 0 Å². The van der Waals surface area contributed by atoms with Crippen molar-refractivity contribution in [3.63, 3.8) is 0 Å². The summed E-state index contributed by atoms with van der Waals surface area (Å²) in [6, 6.07) is 0. The maximum atomic E-state index is 9.29. The van der Waals surface area contributed by atoms with Crippen LogP contribution in [0.2, 0.25) is 0 Å². The highest BCUT2D eigenvalue weighted by Crippen LogP contribution is 2.08. The van der Waals surface area contributed by atoms with Crippen molar-refractivity contribution >= 4 is 0 Å². The van der Waals surface area contributed by atoms with E-state index in [1.165, 1.54) is 32.1 Å². The first-order valence-electron chi connectivity index (χ1n) is 5.35. The maximum Gasteiger partial charge on any atom is 0.0794 e. The highest BCUT2D eigenvalue weighted by molar-refractivity contribution is 4.83. The molecule has 1 atom stereocenters. The maximum absolute atomic E-state index is 9.29. The molecule has 0 spiro atoms. The van der Waals surface area contributed by atoms with E-state index in [1.807, 2.05) is 0 Å². The summed E-state index contributed by atoms with van der Waals surface area (Å²) in [6.45, 7) is 5.65. The SMILES string of the molecule is C=C=C[C@@H](O)CCCCCCCC. The van der Waals surface area contributed by atoms with Crippen molar-refractivity contribution in [3.8, 4) is 0 Å². The van der Waals surface area contributed by atoms with E-state index < -0.39 is 0 Å². The van der Waals surface area contributed by atoms with Gasteiger partial charge in [0.15, 0.2) is 0 Å². The van der Waals surface area contributed by atoms with E-state index in [0.717, 1.165) is 12.8 Å². The van der Waals surface area contributed by atoms with Crippen LogP contribution in [0.4, 0.5) is 0 Å². The molecule has 0 saturated carbocycles. The fraction of sp³-hybridized carbons (Fsp3) is 0.750. The normalized spacial score (nSPS) is 12.2. The Morgan fingerprint density at radius 1 is 1.23 bits per heavy atom. The van der Waals surface area contributed by atoms with Crippen molar-refractivity contribution < 1.29 is 5.11 Å². The van der Waals surface area contributed by atoms with Gasteiger partial charge in [-0.05, 0) is 12.5 Å². The minimum atomic E-state index is -0.330. The van der Waals surface area contributed by atoms with Crippen LogP contribution in [-0.2, 0) is 0 Å². The number of rotatable bonds is 8. The summed E-state index contributed by atoms with van der Waals surface area (Å²) in [5, 5.41) is 9.29. The summed E-state index contributed by atoms with van der Waals surface area (Å²) in [7, 11) is 0. The molecule has 0 aliphatic rings. The third kappa shape index (κ3) is 9.39. The molecule has 0 aliphatic carbocycles. The molecule has 76 valence electrons. The van der Waals surface area contributed by atoms with Crippen molar-refractivity contribution in [2.24, 2.45) is 0 Å². The van der Waals surface area contributed by atoms with E-state index in [2.05, 4.69) is 19.2 Å². The molecule has 13 heavy (non-hydrogen) atoms. The fourth-order valence-corrected chi connectivity index (χ4v) is 1.35. The first-order valence-corrected chi connectivity index (χ1v) is 5.35. The Kier molecular flexibility index (Phi) is 9.18. The fourth-order valence-electron chi connectivity index (χ4n) is 1.35. The summed E-state index contributed by atoms with van der Waals surface area (Å²) in [4.78, 5) is 0. The zero-order chi connectivity index (χ0) is 9.94. The molecule has 1 N–H and O–H groups in total. The van der Waals surface area contributed by atoms with Crippen LogP contribution in [0.1, 0.15) is 51.9 Å². The van der Waals surface area contributed by atoms with E-state index in [9.17, 15) is 5.11 Å². The molecule has 0 aromatic rings. The Hall–Kier alpha value is -0.520. The molecule has 0 heterocycles. The smallest absolute Gasteiger partial charge is 0.0794 e.